The molecule has 0 atom stereocenters. The highest BCUT2D eigenvalue weighted by molar-refractivity contribution is 6.33. The van der Waals surface area contributed by atoms with E-state index in [1.54, 1.807) is 0 Å². The molecule has 5 rings (SSSR count). The Morgan fingerprint density at radius 3 is 2.44 bits per heavy atom. The largest absolute Gasteiger partial charge is 0.469 e. The van der Waals surface area contributed by atoms with Crippen molar-refractivity contribution in [2.24, 2.45) is 13.0 Å². The first-order valence-corrected chi connectivity index (χ1v) is 11.5. The predicted octanol–water partition coefficient (Wildman–Crippen LogP) is 4.60. The Bertz CT molecular complexity index is 1130. The third-order valence-corrected chi connectivity index (χ3v) is 7.28. The minimum absolute atomic E-state index is 0.0116. The number of halogens is 1. The Balaban J connectivity index is 1.38. The molecule has 0 spiro atoms. The summed E-state index contributed by atoms with van der Waals surface area (Å²) in [4.78, 5) is 14.1. The third-order valence-electron chi connectivity index (χ3n) is 6.97. The van der Waals surface area contributed by atoms with Crippen LogP contribution in [0.4, 0.5) is 5.69 Å². The van der Waals surface area contributed by atoms with Crippen molar-refractivity contribution in [2.45, 2.75) is 31.1 Å². The Morgan fingerprint density at radius 1 is 1.09 bits per heavy atom. The number of nitrogens with zero attached hydrogens (tertiary/aromatic N) is 4. The number of rotatable bonds is 5. The quantitative estimate of drug-likeness (QED) is 0.531. The molecule has 0 radical (unpaired) electrons. The van der Waals surface area contributed by atoms with Gasteiger partial charge in [-0.3, -0.25) is 4.79 Å². The number of carbonyl (C=O) groups is 1. The standard InChI is InChI=1S/C25H27ClN4O2/c1-29-22(27-28-24(29)25(12-13-25)18-6-4-3-5-7-18)20-9-8-19(16-21(20)26)30-14-10-17(11-15-30)23(31)32-2/h3-9,16-17H,10-15H2,1-2H3. The van der Waals surface area contributed by atoms with E-state index in [1.807, 2.05) is 25.2 Å². The highest BCUT2D eigenvalue weighted by atomic mass is 35.5. The van der Waals surface area contributed by atoms with Crippen LogP contribution in [0.2, 0.25) is 5.02 Å². The van der Waals surface area contributed by atoms with E-state index >= 15 is 0 Å². The molecule has 2 aliphatic rings. The van der Waals surface area contributed by atoms with Gasteiger partial charge in [0.05, 0.1) is 23.5 Å². The van der Waals surface area contributed by atoms with Gasteiger partial charge in [0, 0.05) is 31.4 Å². The number of esters is 1. The molecule has 0 N–H and O–H groups in total. The molecule has 1 aromatic heterocycles. The summed E-state index contributed by atoms with van der Waals surface area (Å²) in [6.45, 7) is 1.62. The van der Waals surface area contributed by atoms with Crippen LogP contribution in [-0.2, 0) is 22.0 Å². The summed E-state index contributed by atoms with van der Waals surface area (Å²) in [6, 6.07) is 16.7. The number of hydrogen-bond acceptors (Lipinski definition) is 5. The van der Waals surface area contributed by atoms with Gasteiger partial charge in [-0.15, -0.1) is 10.2 Å². The summed E-state index contributed by atoms with van der Waals surface area (Å²) in [7, 11) is 3.48. The van der Waals surface area contributed by atoms with Crippen LogP contribution in [0.1, 0.15) is 37.1 Å². The smallest absolute Gasteiger partial charge is 0.308 e. The van der Waals surface area contributed by atoms with Gasteiger partial charge in [-0.2, -0.15) is 0 Å². The Morgan fingerprint density at radius 2 is 1.81 bits per heavy atom. The van der Waals surface area contributed by atoms with Crippen molar-refractivity contribution in [3.8, 4) is 11.4 Å². The second-order valence-electron chi connectivity index (χ2n) is 8.80. The Hall–Kier alpha value is -2.86. The van der Waals surface area contributed by atoms with E-state index in [2.05, 4.69) is 50.0 Å². The number of piperidine rings is 1. The van der Waals surface area contributed by atoms with Gasteiger partial charge in [-0.1, -0.05) is 41.9 Å². The van der Waals surface area contributed by atoms with Crippen molar-refractivity contribution in [1.82, 2.24) is 14.8 Å². The van der Waals surface area contributed by atoms with Gasteiger partial charge >= 0.3 is 5.97 Å². The number of carbonyl (C=O) groups excluding carboxylic acids is 1. The number of aromatic nitrogens is 3. The highest BCUT2D eigenvalue weighted by Crippen LogP contribution is 2.53. The molecule has 7 heteroatoms. The van der Waals surface area contributed by atoms with Gasteiger partial charge in [-0.05, 0) is 49.4 Å². The molecule has 0 bridgehead atoms. The van der Waals surface area contributed by atoms with Gasteiger partial charge in [0.1, 0.15) is 5.82 Å². The lowest BCUT2D eigenvalue weighted by atomic mass is 9.95. The van der Waals surface area contributed by atoms with Crippen LogP contribution in [0.5, 0.6) is 0 Å². The lowest BCUT2D eigenvalue weighted by Gasteiger charge is -2.32. The van der Waals surface area contributed by atoms with Gasteiger partial charge < -0.3 is 14.2 Å². The van der Waals surface area contributed by atoms with E-state index in [1.165, 1.54) is 12.7 Å². The van der Waals surface area contributed by atoms with Gasteiger partial charge in [0.15, 0.2) is 5.82 Å². The zero-order chi connectivity index (χ0) is 22.3. The molecule has 166 valence electrons. The molecule has 0 unspecified atom stereocenters. The van der Waals surface area contributed by atoms with Crippen molar-refractivity contribution in [1.29, 1.82) is 0 Å². The molecule has 1 aliphatic heterocycles. The molecule has 6 nitrogen and oxygen atoms in total. The lowest BCUT2D eigenvalue weighted by Crippen LogP contribution is -2.36. The first-order chi connectivity index (χ1) is 15.5. The predicted molar refractivity (Wildman–Crippen MR) is 125 cm³/mol. The van der Waals surface area contributed by atoms with Crippen molar-refractivity contribution in [3.63, 3.8) is 0 Å². The molecule has 0 amide bonds. The van der Waals surface area contributed by atoms with E-state index < -0.39 is 0 Å². The zero-order valence-corrected chi connectivity index (χ0v) is 19.2. The molecule has 1 saturated carbocycles. The molecule has 2 fully saturated rings. The Labute approximate surface area is 193 Å². The van der Waals surface area contributed by atoms with E-state index in [0.717, 1.165) is 61.7 Å². The number of methoxy groups -OCH3 is 1. The van der Waals surface area contributed by atoms with E-state index in [4.69, 9.17) is 16.3 Å². The summed E-state index contributed by atoms with van der Waals surface area (Å²) in [6.07, 6.45) is 3.74. The minimum Gasteiger partial charge on any atom is -0.469 e. The molecule has 1 aliphatic carbocycles. The fourth-order valence-electron chi connectivity index (χ4n) is 4.93. The van der Waals surface area contributed by atoms with Crippen LogP contribution in [0, 0.1) is 5.92 Å². The first-order valence-electron chi connectivity index (χ1n) is 11.1. The van der Waals surface area contributed by atoms with Crippen LogP contribution in [0.15, 0.2) is 48.5 Å². The third kappa shape index (κ3) is 3.56. The SMILES string of the molecule is COC(=O)C1CCN(c2ccc(-c3nnc(C4(c5ccccc5)CC4)n3C)c(Cl)c2)CC1. The lowest BCUT2D eigenvalue weighted by molar-refractivity contribution is -0.146. The van der Waals surface area contributed by atoms with Crippen molar-refractivity contribution >= 4 is 23.3 Å². The molecule has 2 aromatic carbocycles. The maximum Gasteiger partial charge on any atom is 0.308 e. The second-order valence-corrected chi connectivity index (χ2v) is 9.21. The van der Waals surface area contributed by atoms with Gasteiger partial charge in [0.2, 0.25) is 0 Å². The topological polar surface area (TPSA) is 60.2 Å². The minimum atomic E-state index is -0.111. The van der Waals surface area contributed by atoms with Crippen LogP contribution in [0.3, 0.4) is 0 Å². The summed E-state index contributed by atoms with van der Waals surface area (Å²) in [5, 5.41) is 9.77. The summed E-state index contributed by atoms with van der Waals surface area (Å²) < 4.78 is 6.98. The number of ether oxygens (including phenoxy) is 1. The molecule has 3 aromatic rings. The fourth-order valence-corrected chi connectivity index (χ4v) is 5.19. The Kier molecular flexibility index (Phi) is 5.41. The van der Waals surface area contributed by atoms with E-state index in [9.17, 15) is 4.79 Å². The molecule has 1 saturated heterocycles. The number of benzene rings is 2. The summed E-state index contributed by atoms with van der Waals surface area (Å²) in [5.41, 5.74) is 3.19. The average molecular weight is 451 g/mol. The van der Waals surface area contributed by atoms with Gasteiger partial charge in [0.25, 0.3) is 0 Å². The van der Waals surface area contributed by atoms with E-state index in [0.29, 0.717) is 5.02 Å². The van der Waals surface area contributed by atoms with Crippen molar-refractivity contribution in [3.05, 3.63) is 64.9 Å². The summed E-state index contributed by atoms with van der Waals surface area (Å²) in [5.74, 6) is 1.65. The van der Waals surface area contributed by atoms with Crippen LogP contribution in [-0.4, -0.2) is 40.9 Å². The summed E-state index contributed by atoms with van der Waals surface area (Å²) >= 11 is 6.73. The molecule has 2 heterocycles. The number of anilines is 1. The van der Waals surface area contributed by atoms with Crippen molar-refractivity contribution in [2.75, 3.05) is 25.1 Å². The highest BCUT2D eigenvalue weighted by Gasteiger charge is 2.49. The van der Waals surface area contributed by atoms with E-state index in [-0.39, 0.29) is 17.3 Å². The normalized spacial score (nSPS) is 17.9. The van der Waals surface area contributed by atoms with Crippen LogP contribution in [0.25, 0.3) is 11.4 Å². The first kappa shape index (κ1) is 21.0. The monoisotopic (exact) mass is 450 g/mol. The molecule has 32 heavy (non-hydrogen) atoms. The molecular weight excluding hydrogens is 424 g/mol. The zero-order valence-electron chi connectivity index (χ0n) is 18.4. The maximum absolute atomic E-state index is 11.8. The molecular formula is C25H27ClN4O2. The van der Waals surface area contributed by atoms with Gasteiger partial charge in [-0.25, -0.2) is 0 Å². The second kappa shape index (κ2) is 8.24. The maximum atomic E-state index is 11.8. The van der Waals surface area contributed by atoms with Crippen LogP contribution < -0.4 is 4.90 Å². The van der Waals surface area contributed by atoms with Crippen molar-refractivity contribution < 1.29 is 9.53 Å². The number of hydrogen-bond donors (Lipinski definition) is 0. The average Bonchev–Trinajstić information content (AvgIpc) is 3.55. The fraction of sp³-hybridized carbons (Fsp3) is 0.400. The van der Waals surface area contributed by atoms with Crippen LogP contribution >= 0.6 is 11.6 Å².